The van der Waals surface area contributed by atoms with Crippen molar-refractivity contribution in [1.29, 1.82) is 0 Å². The molecule has 2 unspecified atom stereocenters. The Morgan fingerprint density at radius 1 is 1.53 bits per heavy atom. The minimum absolute atomic E-state index is 0.258. The van der Waals surface area contributed by atoms with Gasteiger partial charge in [0.2, 0.25) is 0 Å². The fourth-order valence-electron chi connectivity index (χ4n) is 2.07. The van der Waals surface area contributed by atoms with Crippen LogP contribution in [-0.2, 0) is 6.42 Å². The first-order chi connectivity index (χ1) is 7.31. The van der Waals surface area contributed by atoms with E-state index in [1.807, 2.05) is 17.8 Å². The lowest BCUT2D eigenvalue weighted by atomic mass is 9.94. The highest BCUT2D eigenvalue weighted by Crippen LogP contribution is 2.34. The van der Waals surface area contributed by atoms with E-state index in [-0.39, 0.29) is 6.10 Å². The second-order valence-corrected chi connectivity index (χ2v) is 5.32. The van der Waals surface area contributed by atoms with Crippen LogP contribution in [0.15, 0.2) is 24.3 Å². The van der Waals surface area contributed by atoms with Crippen LogP contribution >= 0.6 is 11.8 Å². The second kappa shape index (κ2) is 5.04. The molecule has 1 aliphatic rings. The Hall–Kier alpha value is -0.470. The number of aliphatic hydroxyl groups is 1. The van der Waals surface area contributed by atoms with Gasteiger partial charge in [-0.2, -0.15) is 11.8 Å². The minimum atomic E-state index is -0.258. The number of thioether (sulfide) groups is 1. The van der Waals surface area contributed by atoms with Gasteiger partial charge in [0.1, 0.15) is 0 Å². The van der Waals surface area contributed by atoms with Crippen molar-refractivity contribution in [3.63, 3.8) is 0 Å². The van der Waals surface area contributed by atoms with Gasteiger partial charge in [-0.05, 0) is 41.4 Å². The van der Waals surface area contributed by atoms with E-state index < -0.39 is 0 Å². The van der Waals surface area contributed by atoms with Gasteiger partial charge in [0.25, 0.3) is 0 Å². The van der Waals surface area contributed by atoms with Crippen molar-refractivity contribution in [1.82, 2.24) is 0 Å². The summed E-state index contributed by atoms with van der Waals surface area (Å²) >= 11 is 1.96. The highest BCUT2D eigenvalue weighted by Gasteiger charge is 2.24. The Balaban J connectivity index is 2.13. The van der Waals surface area contributed by atoms with Crippen LogP contribution in [0.4, 0.5) is 0 Å². The zero-order chi connectivity index (χ0) is 10.7. The van der Waals surface area contributed by atoms with E-state index in [2.05, 4.69) is 25.1 Å². The summed E-state index contributed by atoms with van der Waals surface area (Å²) in [7, 11) is 0. The normalized spacial score (nSPS) is 22.9. The topological polar surface area (TPSA) is 20.2 Å². The van der Waals surface area contributed by atoms with Crippen LogP contribution in [0, 0.1) is 5.92 Å². The van der Waals surface area contributed by atoms with Gasteiger partial charge in [-0.3, -0.25) is 0 Å². The fourth-order valence-corrected chi connectivity index (χ4v) is 3.36. The second-order valence-electron chi connectivity index (χ2n) is 4.17. The van der Waals surface area contributed by atoms with Crippen LogP contribution in [0.1, 0.15) is 30.6 Å². The first-order valence-electron chi connectivity index (χ1n) is 5.66. The maximum absolute atomic E-state index is 10.2. The molecule has 82 valence electrons. The summed E-state index contributed by atoms with van der Waals surface area (Å²) in [5.74, 6) is 2.77. The molecule has 2 rings (SSSR count). The number of aliphatic hydroxyl groups excluding tert-OH is 1. The van der Waals surface area contributed by atoms with E-state index in [9.17, 15) is 5.11 Å². The van der Waals surface area contributed by atoms with Gasteiger partial charge >= 0.3 is 0 Å². The Morgan fingerprint density at radius 2 is 2.40 bits per heavy atom. The van der Waals surface area contributed by atoms with Crippen LogP contribution < -0.4 is 0 Å². The van der Waals surface area contributed by atoms with E-state index in [1.165, 1.54) is 11.3 Å². The molecule has 1 aromatic rings. The Bertz CT molecular complexity index is 318. The molecule has 0 aromatic heterocycles. The Labute approximate surface area is 95.9 Å². The number of benzene rings is 1. The molecule has 1 nitrogen and oxygen atoms in total. The van der Waals surface area contributed by atoms with E-state index >= 15 is 0 Å². The highest BCUT2D eigenvalue weighted by molar-refractivity contribution is 7.99. The first kappa shape index (κ1) is 11.0. The molecule has 2 heteroatoms. The summed E-state index contributed by atoms with van der Waals surface area (Å²) in [5, 5.41) is 10.2. The standard InChI is InChI=1S/C13H18OS/c1-2-10-4-3-5-11(8-10)13(14)12-6-7-15-9-12/h3-5,8,12-14H,2,6-7,9H2,1H3. The SMILES string of the molecule is CCc1cccc(C(O)C2CCSC2)c1. The van der Waals surface area contributed by atoms with Gasteiger partial charge in [0.15, 0.2) is 0 Å². The van der Waals surface area contributed by atoms with E-state index in [1.54, 1.807) is 0 Å². The highest BCUT2D eigenvalue weighted by atomic mass is 32.2. The van der Waals surface area contributed by atoms with Gasteiger partial charge in [-0.1, -0.05) is 31.2 Å². The molecule has 1 aliphatic heterocycles. The molecule has 1 aromatic carbocycles. The van der Waals surface area contributed by atoms with Gasteiger partial charge in [0, 0.05) is 0 Å². The average molecular weight is 222 g/mol. The number of aryl methyl sites for hydroxylation is 1. The smallest absolute Gasteiger partial charge is 0.0826 e. The maximum Gasteiger partial charge on any atom is 0.0826 e. The molecule has 0 spiro atoms. The average Bonchev–Trinajstić information content (AvgIpc) is 2.81. The van der Waals surface area contributed by atoms with Crippen molar-refractivity contribution in [3.05, 3.63) is 35.4 Å². The van der Waals surface area contributed by atoms with E-state index in [0.717, 1.165) is 24.2 Å². The van der Waals surface area contributed by atoms with Crippen molar-refractivity contribution < 1.29 is 5.11 Å². The van der Waals surface area contributed by atoms with Crippen LogP contribution in [0.5, 0.6) is 0 Å². The van der Waals surface area contributed by atoms with Crippen LogP contribution in [0.25, 0.3) is 0 Å². The molecule has 1 saturated heterocycles. The molecule has 0 bridgehead atoms. The molecule has 0 aliphatic carbocycles. The molecule has 15 heavy (non-hydrogen) atoms. The Kier molecular flexibility index (Phi) is 3.71. The third-order valence-electron chi connectivity index (χ3n) is 3.11. The molecule has 0 saturated carbocycles. The zero-order valence-corrected chi connectivity index (χ0v) is 9.96. The predicted molar refractivity (Wildman–Crippen MR) is 66.2 cm³/mol. The lowest BCUT2D eigenvalue weighted by molar-refractivity contribution is 0.121. The summed E-state index contributed by atoms with van der Waals surface area (Å²) < 4.78 is 0. The Morgan fingerprint density at radius 3 is 3.07 bits per heavy atom. The van der Waals surface area contributed by atoms with Crippen LogP contribution in [-0.4, -0.2) is 16.6 Å². The number of hydrogen-bond acceptors (Lipinski definition) is 2. The lowest BCUT2D eigenvalue weighted by Gasteiger charge is -2.17. The number of rotatable bonds is 3. The molecular weight excluding hydrogens is 204 g/mol. The lowest BCUT2D eigenvalue weighted by Crippen LogP contribution is -2.11. The third-order valence-corrected chi connectivity index (χ3v) is 4.30. The van der Waals surface area contributed by atoms with Crippen molar-refractivity contribution in [3.8, 4) is 0 Å². The van der Waals surface area contributed by atoms with E-state index in [4.69, 9.17) is 0 Å². The summed E-state index contributed by atoms with van der Waals surface area (Å²) in [4.78, 5) is 0. The van der Waals surface area contributed by atoms with Crippen molar-refractivity contribution in [2.24, 2.45) is 5.92 Å². The summed E-state index contributed by atoms with van der Waals surface area (Å²) in [6, 6.07) is 8.37. The van der Waals surface area contributed by atoms with Gasteiger partial charge < -0.3 is 5.11 Å². The zero-order valence-electron chi connectivity index (χ0n) is 9.15. The molecule has 1 fully saturated rings. The van der Waals surface area contributed by atoms with Crippen molar-refractivity contribution in [2.75, 3.05) is 11.5 Å². The van der Waals surface area contributed by atoms with Gasteiger partial charge in [0.05, 0.1) is 6.10 Å². The maximum atomic E-state index is 10.2. The van der Waals surface area contributed by atoms with Gasteiger partial charge in [-0.15, -0.1) is 0 Å². The predicted octanol–water partition coefficient (Wildman–Crippen LogP) is 3.04. The molecule has 0 amide bonds. The first-order valence-corrected chi connectivity index (χ1v) is 6.81. The summed E-state index contributed by atoms with van der Waals surface area (Å²) in [6.45, 7) is 2.15. The van der Waals surface area contributed by atoms with Crippen LogP contribution in [0.3, 0.4) is 0 Å². The molecule has 2 atom stereocenters. The third kappa shape index (κ3) is 2.56. The van der Waals surface area contributed by atoms with Gasteiger partial charge in [-0.25, -0.2) is 0 Å². The molecular formula is C13H18OS. The number of hydrogen-bond donors (Lipinski definition) is 1. The molecule has 1 N–H and O–H groups in total. The van der Waals surface area contributed by atoms with E-state index in [0.29, 0.717) is 5.92 Å². The fraction of sp³-hybridized carbons (Fsp3) is 0.538. The van der Waals surface area contributed by atoms with Crippen molar-refractivity contribution in [2.45, 2.75) is 25.9 Å². The minimum Gasteiger partial charge on any atom is -0.388 e. The quantitative estimate of drug-likeness (QED) is 0.848. The monoisotopic (exact) mass is 222 g/mol. The summed E-state index contributed by atoms with van der Waals surface area (Å²) in [5.41, 5.74) is 2.42. The van der Waals surface area contributed by atoms with Crippen molar-refractivity contribution >= 4 is 11.8 Å². The largest absolute Gasteiger partial charge is 0.388 e. The molecule has 1 heterocycles. The van der Waals surface area contributed by atoms with Crippen LogP contribution in [0.2, 0.25) is 0 Å². The molecule has 0 radical (unpaired) electrons. The summed E-state index contributed by atoms with van der Waals surface area (Å²) in [6.07, 6.45) is 1.94.